The van der Waals surface area contributed by atoms with Crippen LogP contribution in [0.15, 0.2) is 39.3 Å². The van der Waals surface area contributed by atoms with Gasteiger partial charge in [0.2, 0.25) is 0 Å². The fraction of sp³-hybridized carbons (Fsp3) is 0.235. The van der Waals surface area contributed by atoms with Crippen LogP contribution in [0.3, 0.4) is 0 Å². The standard InChI is InChI=1S/C17H14N6OS/c18-10-14-16(20-5-4-19-14)23-6-1-12(2-7-23)9-15-21-17(24-22-15)13-3-8-25-11-13/h3-5,8-9,11H,1-2,6-7H2. The maximum absolute atomic E-state index is 9.16. The van der Waals surface area contributed by atoms with Gasteiger partial charge < -0.3 is 9.42 Å². The van der Waals surface area contributed by atoms with E-state index in [9.17, 15) is 0 Å². The normalized spacial score (nSPS) is 14.4. The molecule has 7 nitrogen and oxygen atoms in total. The minimum Gasteiger partial charge on any atom is -0.354 e. The van der Waals surface area contributed by atoms with Gasteiger partial charge in [-0.2, -0.15) is 21.6 Å². The Morgan fingerprint density at radius 3 is 2.84 bits per heavy atom. The van der Waals surface area contributed by atoms with Crippen molar-refractivity contribution >= 4 is 23.2 Å². The summed E-state index contributed by atoms with van der Waals surface area (Å²) in [5, 5.41) is 17.2. The molecule has 8 heteroatoms. The Balaban J connectivity index is 1.45. The Bertz CT molecular complexity index is 930. The van der Waals surface area contributed by atoms with Gasteiger partial charge in [-0.05, 0) is 30.4 Å². The highest BCUT2D eigenvalue weighted by Gasteiger charge is 2.19. The molecule has 0 N–H and O–H groups in total. The molecule has 0 spiro atoms. The second-order valence-corrected chi connectivity index (χ2v) is 6.38. The summed E-state index contributed by atoms with van der Waals surface area (Å²) in [5.41, 5.74) is 2.58. The van der Waals surface area contributed by atoms with E-state index in [4.69, 9.17) is 9.78 Å². The molecule has 3 aromatic rings. The molecule has 0 radical (unpaired) electrons. The topological polar surface area (TPSA) is 91.7 Å². The van der Waals surface area contributed by atoms with Crippen molar-refractivity contribution in [1.82, 2.24) is 20.1 Å². The van der Waals surface area contributed by atoms with E-state index >= 15 is 0 Å². The van der Waals surface area contributed by atoms with Crippen molar-refractivity contribution < 1.29 is 4.52 Å². The summed E-state index contributed by atoms with van der Waals surface area (Å²) in [4.78, 5) is 14.9. The van der Waals surface area contributed by atoms with E-state index < -0.39 is 0 Å². The van der Waals surface area contributed by atoms with Gasteiger partial charge in [0.15, 0.2) is 17.3 Å². The third-order valence-electron chi connectivity index (χ3n) is 4.03. The first-order valence-electron chi connectivity index (χ1n) is 7.85. The molecule has 3 aromatic heterocycles. The van der Waals surface area contributed by atoms with Gasteiger partial charge in [-0.25, -0.2) is 9.97 Å². The van der Waals surface area contributed by atoms with Crippen LogP contribution in [0.1, 0.15) is 24.4 Å². The SMILES string of the molecule is N#Cc1nccnc1N1CCC(=Cc2noc(-c3ccsc3)n2)CC1. The first-order valence-corrected chi connectivity index (χ1v) is 8.79. The number of nitrogens with zero attached hydrogens (tertiary/aromatic N) is 6. The molecule has 1 aliphatic heterocycles. The molecular weight excluding hydrogens is 336 g/mol. The number of nitriles is 1. The highest BCUT2D eigenvalue weighted by molar-refractivity contribution is 7.08. The van der Waals surface area contributed by atoms with Crippen LogP contribution in [-0.2, 0) is 0 Å². The number of thiophene rings is 1. The third kappa shape index (κ3) is 3.27. The van der Waals surface area contributed by atoms with Crippen LogP contribution in [0, 0.1) is 11.3 Å². The fourth-order valence-electron chi connectivity index (χ4n) is 2.77. The van der Waals surface area contributed by atoms with E-state index in [2.05, 4.69) is 31.1 Å². The van der Waals surface area contributed by atoms with Crippen LogP contribution in [0.5, 0.6) is 0 Å². The summed E-state index contributed by atoms with van der Waals surface area (Å²) in [7, 11) is 0. The van der Waals surface area contributed by atoms with Gasteiger partial charge in [0, 0.05) is 30.9 Å². The molecule has 0 saturated carbocycles. The summed E-state index contributed by atoms with van der Waals surface area (Å²) in [6.45, 7) is 1.57. The zero-order valence-corrected chi connectivity index (χ0v) is 14.1. The molecule has 0 aromatic carbocycles. The molecular formula is C17H14N6OS. The Kier molecular flexibility index (Phi) is 4.23. The zero-order chi connectivity index (χ0) is 17.1. The lowest BCUT2D eigenvalue weighted by molar-refractivity contribution is 0.429. The number of aromatic nitrogens is 4. The monoisotopic (exact) mass is 350 g/mol. The van der Waals surface area contributed by atoms with Crippen molar-refractivity contribution in [3.8, 4) is 17.5 Å². The van der Waals surface area contributed by atoms with Crippen LogP contribution in [0.25, 0.3) is 17.5 Å². The Labute approximate surface area is 148 Å². The molecule has 1 saturated heterocycles. The van der Waals surface area contributed by atoms with Crippen molar-refractivity contribution in [2.45, 2.75) is 12.8 Å². The fourth-order valence-corrected chi connectivity index (χ4v) is 3.40. The molecule has 0 unspecified atom stereocenters. The van der Waals surface area contributed by atoms with Crippen LogP contribution < -0.4 is 4.90 Å². The zero-order valence-electron chi connectivity index (χ0n) is 13.3. The quantitative estimate of drug-likeness (QED) is 0.716. The summed E-state index contributed by atoms with van der Waals surface area (Å²) in [5.74, 6) is 1.80. The molecule has 0 amide bonds. The highest BCUT2D eigenvalue weighted by atomic mass is 32.1. The molecule has 0 bridgehead atoms. The molecule has 0 aliphatic carbocycles. The number of hydrogen-bond acceptors (Lipinski definition) is 8. The molecule has 0 atom stereocenters. The van der Waals surface area contributed by atoms with Gasteiger partial charge in [0.25, 0.3) is 5.89 Å². The third-order valence-corrected chi connectivity index (χ3v) is 4.72. The molecule has 1 fully saturated rings. The Morgan fingerprint density at radius 1 is 1.24 bits per heavy atom. The lowest BCUT2D eigenvalue weighted by Crippen LogP contribution is -2.32. The lowest BCUT2D eigenvalue weighted by Gasteiger charge is -2.29. The minimum absolute atomic E-state index is 0.369. The smallest absolute Gasteiger partial charge is 0.259 e. The van der Waals surface area contributed by atoms with Crippen molar-refractivity contribution in [3.63, 3.8) is 0 Å². The Hall–Kier alpha value is -3.05. The maximum atomic E-state index is 9.16. The predicted octanol–water partition coefficient (Wildman–Crippen LogP) is 3.14. The van der Waals surface area contributed by atoms with Crippen LogP contribution in [0.2, 0.25) is 0 Å². The van der Waals surface area contributed by atoms with E-state index in [-0.39, 0.29) is 0 Å². The number of anilines is 1. The minimum atomic E-state index is 0.369. The van der Waals surface area contributed by atoms with E-state index in [1.165, 1.54) is 5.57 Å². The summed E-state index contributed by atoms with van der Waals surface area (Å²) >= 11 is 1.60. The molecule has 4 rings (SSSR count). The van der Waals surface area contributed by atoms with Crippen LogP contribution in [-0.4, -0.2) is 33.2 Å². The van der Waals surface area contributed by atoms with Gasteiger partial charge >= 0.3 is 0 Å². The van der Waals surface area contributed by atoms with Gasteiger partial charge in [-0.1, -0.05) is 10.7 Å². The van der Waals surface area contributed by atoms with Crippen molar-refractivity contribution in [1.29, 1.82) is 5.26 Å². The summed E-state index contributed by atoms with van der Waals surface area (Å²) < 4.78 is 5.31. The predicted molar refractivity (Wildman–Crippen MR) is 93.8 cm³/mol. The first kappa shape index (κ1) is 15.5. The number of rotatable bonds is 3. The van der Waals surface area contributed by atoms with Gasteiger partial charge in [0.1, 0.15) is 6.07 Å². The van der Waals surface area contributed by atoms with Gasteiger partial charge in [0.05, 0.1) is 5.56 Å². The summed E-state index contributed by atoms with van der Waals surface area (Å²) in [6, 6.07) is 4.06. The van der Waals surface area contributed by atoms with Crippen molar-refractivity contribution in [2.75, 3.05) is 18.0 Å². The second kappa shape index (κ2) is 6.83. The van der Waals surface area contributed by atoms with Gasteiger partial charge in [-0.3, -0.25) is 0 Å². The molecule has 25 heavy (non-hydrogen) atoms. The van der Waals surface area contributed by atoms with E-state index in [1.54, 1.807) is 23.7 Å². The van der Waals surface area contributed by atoms with Crippen molar-refractivity contribution in [3.05, 3.63) is 46.3 Å². The highest BCUT2D eigenvalue weighted by Crippen LogP contribution is 2.25. The van der Waals surface area contributed by atoms with Crippen LogP contribution >= 0.6 is 11.3 Å². The van der Waals surface area contributed by atoms with E-state index in [0.29, 0.717) is 23.2 Å². The maximum Gasteiger partial charge on any atom is 0.259 e. The van der Waals surface area contributed by atoms with Crippen LogP contribution in [0.4, 0.5) is 5.82 Å². The Morgan fingerprint density at radius 2 is 2.08 bits per heavy atom. The first-order chi connectivity index (χ1) is 12.3. The summed E-state index contributed by atoms with van der Waals surface area (Å²) in [6.07, 6.45) is 6.87. The second-order valence-electron chi connectivity index (χ2n) is 5.60. The average Bonchev–Trinajstić information content (AvgIpc) is 3.34. The van der Waals surface area contributed by atoms with Gasteiger partial charge in [-0.15, -0.1) is 0 Å². The average molecular weight is 350 g/mol. The number of hydrogen-bond donors (Lipinski definition) is 0. The number of piperidine rings is 1. The lowest BCUT2D eigenvalue weighted by atomic mass is 10.0. The van der Waals surface area contributed by atoms with E-state index in [1.807, 2.05) is 22.9 Å². The molecule has 124 valence electrons. The molecule has 1 aliphatic rings. The van der Waals surface area contributed by atoms with Crippen molar-refractivity contribution in [2.24, 2.45) is 0 Å². The molecule has 4 heterocycles. The van der Waals surface area contributed by atoms with E-state index in [0.717, 1.165) is 31.5 Å². The largest absolute Gasteiger partial charge is 0.354 e.